The molecule has 1 unspecified atom stereocenters. The molecule has 3 rings (SSSR count). The van der Waals surface area contributed by atoms with Gasteiger partial charge in [0.25, 0.3) is 0 Å². The van der Waals surface area contributed by atoms with Crippen LogP contribution in [0.15, 0.2) is 36.4 Å². The Balaban J connectivity index is 2.44. The van der Waals surface area contributed by atoms with Crippen LogP contribution in [0.2, 0.25) is 0 Å². The van der Waals surface area contributed by atoms with E-state index in [2.05, 4.69) is 4.98 Å². The lowest BCUT2D eigenvalue weighted by atomic mass is 10.2. The van der Waals surface area contributed by atoms with Crippen LogP contribution in [-0.4, -0.2) is 9.55 Å². The molecule has 1 aromatic heterocycles. The zero-order valence-electron chi connectivity index (χ0n) is 11.6. The van der Waals surface area contributed by atoms with Crippen molar-refractivity contribution in [1.29, 1.82) is 0 Å². The summed E-state index contributed by atoms with van der Waals surface area (Å²) in [6.07, 6.45) is 0. The first-order valence-electron chi connectivity index (χ1n) is 6.56. The number of hydrogen-bond donors (Lipinski definition) is 0. The Kier molecular flexibility index (Phi) is 3.41. The molecule has 0 saturated heterocycles. The molecule has 21 heavy (non-hydrogen) atoms. The van der Waals surface area contributed by atoms with Crippen LogP contribution >= 0.6 is 11.6 Å². The second-order valence-corrected chi connectivity index (χ2v) is 5.61. The van der Waals surface area contributed by atoms with Gasteiger partial charge < -0.3 is 0 Å². The highest BCUT2D eigenvalue weighted by molar-refractivity contribution is 6.20. The van der Waals surface area contributed by atoms with Gasteiger partial charge in [-0.2, -0.15) is 0 Å². The summed E-state index contributed by atoms with van der Waals surface area (Å²) in [4.78, 5) is 4.46. The number of halogens is 3. The summed E-state index contributed by atoms with van der Waals surface area (Å²) in [6.45, 7) is 3.66. The Labute approximate surface area is 126 Å². The van der Waals surface area contributed by atoms with Gasteiger partial charge in [0.15, 0.2) is 0 Å². The average molecular weight is 307 g/mol. The number of alkyl halides is 1. The van der Waals surface area contributed by atoms with Crippen LogP contribution in [0.25, 0.3) is 16.7 Å². The second kappa shape index (κ2) is 5.11. The first kappa shape index (κ1) is 14.0. The maximum absolute atomic E-state index is 14.2. The summed E-state index contributed by atoms with van der Waals surface area (Å²) in [5.74, 6) is -0.530. The molecule has 0 radical (unpaired) electrons. The highest BCUT2D eigenvalue weighted by Gasteiger charge is 2.20. The third kappa shape index (κ3) is 2.29. The Hall–Kier alpha value is -1.94. The van der Waals surface area contributed by atoms with Gasteiger partial charge in [-0.3, -0.25) is 4.57 Å². The summed E-state index contributed by atoms with van der Waals surface area (Å²) >= 11 is 6.17. The molecule has 5 heteroatoms. The van der Waals surface area contributed by atoms with Gasteiger partial charge in [-0.1, -0.05) is 12.1 Å². The summed E-state index contributed by atoms with van der Waals surface area (Å²) in [7, 11) is 0. The Bertz CT molecular complexity index is 825. The fourth-order valence-electron chi connectivity index (χ4n) is 2.48. The predicted octanol–water partition coefficient (Wildman–Crippen LogP) is 4.91. The lowest BCUT2D eigenvalue weighted by molar-refractivity contribution is 0.591. The van der Waals surface area contributed by atoms with E-state index in [0.717, 1.165) is 29.3 Å². The number of rotatable bonds is 2. The van der Waals surface area contributed by atoms with E-state index in [1.165, 1.54) is 0 Å². The number of fused-ring (bicyclic) bond motifs is 1. The van der Waals surface area contributed by atoms with Gasteiger partial charge >= 0.3 is 0 Å². The largest absolute Gasteiger partial charge is 0.292 e. The molecule has 108 valence electrons. The maximum atomic E-state index is 14.2. The summed E-state index contributed by atoms with van der Waals surface area (Å²) < 4.78 is 29.3. The first-order valence-corrected chi connectivity index (χ1v) is 7.00. The molecular weight excluding hydrogens is 294 g/mol. The number of benzene rings is 2. The van der Waals surface area contributed by atoms with Crippen molar-refractivity contribution in [3.63, 3.8) is 0 Å². The lowest BCUT2D eigenvalue weighted by Crippen LogP contribution is -2.05. The number of aryl methyl sites for hydroxylation is 1. The number of aromatic nitrogens is 2. The Morgan fingerprint density at radius 3 is 2.67 bits per heavy atom. The lowest BCUT2D eigenvalue weighted by Gasteiger charge is -2.12. The topological polar surface area (TPSA) is 17.8 Å². The maximum Gasteiger partial charge on any atom is 0.147 e. The molecule has 0 saturated carbocycles. The molecule has 0 amide bonds. The van der Waals surface area contributed by atoms with E-state index in [1.54, 1.807) is 11.5 Å². The normalized spacial score (nSPS) is 12.8. The molecule has 1 heterocycles. The smallest absolute Gasteiger partial charge is 0.147 e. The predicted molar refractivity (Wildman–Crippen MR) is 80.0 cm³/mol. The van der Waals surface area contributed by atoms with Crippen LogP contribution in [0, 0.1) is 18.6 Å². The van der Waals surface area contributed by atoms with Crippen molar-refractivity contribution in [2.24, 2.45) is 0 Å². The minimum Gasteiger partial charge on any atom is -0.292 e. The van der Waals surface area contributed by atoms with Gasteiger partial charge in [-0.15, -0.1) is 11.6 Å². The molecule has 0 aliphatic carbocycles. The van der Waals surface area contributed by atoms with E-state index in [1.807, 2.05) is 25.1 Å². The highest BCUT2D eigenvalue weighted by atomic mass is 35.5. The monoisotopic (exact) mass is 306 g/mol. The van der Waals surface area contributed by atoms with Crippen LogP contribution < -0.4 is 0 Å². The van der Waals surface area contributed by atoms with Gasteiger partial charge in [0, 0.05) is 6.07 Å². The van der Waals surface area contributed by atoms with Gasteiger partial charge in [-0.25, -0.2) is 13.8 Å². The molecule has 3 aromatic rings. The van der Waals surface area contributed by atoms with Crippen molar-refractivity contribution in [1.82, 2.24) is 9.55 Å². The van der Waals surface area contributed by atoms with Crippen molar-refractivity contribution >= 4 is 22.6 Å². The summed E-state index contributed by atoms with van der Waals surface area (Å²) in [5.41, 5.74) is 2.49. The molecule has 0 aliphatic heterocycles. The molecule has 0 aliphatic rings. The Morgan fingerprint density at radius 2 is 1.95 bits per heavy atom. The van der Waals surface area contributed by atoms with Crippen LogP contribution in [0.3, 0.4) is 0 Å². The number of hydrogen-bond acceptors (Lipinski definition) is 1. The van der Waals surface area contributed by atoms with E-state index in [-0.39, 0.29) is 5.69 Å². The second-order valence-electron chi connectivity index (χ2n) is 4.96. The van der Waals surface area contributed by atoms with Crippen molar-refractivity contribution in [3.05, 3.63) is 59.4 Å². The molecular formula is C16H13ClF2N2. The summed E-state index contributed by atoms with van der Waals surface area (Å²) in [6, 6.07) is 8.97. The van der Waals surface area contributed by atoms with Crippen LogP contribution in [0.1, 0.15) is 23.7 Å². The number of imidazole rings is 1. The molecule has 0 bridgehead atoms. The van der Waals surface area contributed by atoms with Gasteiger partial charge in [0.2, 0.25) is 0 Å². The number of para-hydroxylation sites is 1. The van der Waals surface area contributed by atoms with Crippen molar-refractivity contribution < 1.29 is 8.78 Å². The first-order chi connectivity index (χ1) is 9.99. The van der Waals surface area contributed by atoms with Crippen molar-refractivity contribution in [2.75, 3.05) is 0 Å². The molecule has 0 spiro atoms. The summed E-state index contributed by atoms with van der Waals surface area (Å²) in [5, 5.41) is -0.431. The molecule has 0 N–H and O–H groups in total. The van der Waals surface area contributed by atoms with E-state index in [0.29, 0.717) is 11.3 Å². The van der Waals surface area contributed by atoms with Crippen LogP contribution in [0.4, 0.5) is 8.78 Å². The minimum atomic E-state index is -0.516. The molecule has 0 fully saturated rings. The van der Waals surface area contributed by atoms with Gasteiger partial charge in [0.05, 0.1) is 22.1 Å². The quantitative estimate of drug-likeness (QED) is 0.615. The third-order valence-electron chi connectivity index (χ3n) is 3.41. The fraction of sp³-hybridized carbons (Fsp3) is 0.188. The fourth-order valence-corrected chi connectivity index (χ4v) is 2.63. The molecule has 2 aromatic carbocycles. The standard InChI is InChI=1S/C16H13ClF2N2/c1-9-4-3-5-13-15(9)21(16(20-13)10(2)17)14-8-11(18)6-7-12(14)19/h3-8,10H,1-2H3. The zero-order valence-corrected chi connectivity index (χ0v) is 12.3. The van der Waals surface area contributed by atoms with Gasteiger partial charge in [-0.05, 0) is 37.6 Å². The van der Waals surface area contributed by atoms with E-state index in [4.69, 9.17) is 11.6 Å². The average Bonchev–Trinajstić information content (AvgIpc) is 2.82. The minimum absolute atomic E-state index is 0.120. The van der Waals surface area contributed by atoms with E-state index >= 15 is 0 Å². The molecule has 2 nitrogen and oxygen atoms in total. The van der Waals surface area contributed by atoms with Crippen LogP contribution in [-0.2, 0) is 0 Å². The van der Waals surface area contributed by atoms with Crippen molar-refractivity contribution in [2.45, 2.75) is 19.2 Å². The highest BCUT2D eigenvalue weighted by Crippen LogP contribution is 2.31. The van der Waals surface area contributed by atoms with Gasteiger partial charge in [0.1, 0.15) is 17.5 Å². The van der Waals surface area contributed by atoms with E-state index in [9.17, 15) is 8.78 Å². The molecule has 1 atom stereocenters. The zero-order chi connectivity index (χ0) is 15.1. The van der Waals surface area contributed by atoms with Crippen molar-refractivity contribution in [3.8, 4) is 5.69 Å². The number of nitrogens with zero attached hydrogens (tertiary/aromatic N) is 2. The SMILES string of the molecule is Cc1cccc2nc(C(C)Cl)n(-c3cc(F)ccc3F)c12. The van der Waals surface area contributed by atoms with E-state index < -0.39 is 17.0 Å². The third-order valence-corrected chi connectivity index (χ3v) is 3.60. The Morgan fingerprint density at radius 1 is 1.19 bits per heavy atom. The van der Waals surface area contributed by atoms with Crippen LogP contribution in [0.5, 0.6) is 0 Å².